The van der Waals surface area contributed by atoms with Crippen LogP contribution in [0.25, 0.3) is 21.8 Å². The summed E-state index contributed by atoms with van der Waals surface area (Å²) in [5, 5.41) is 2.03. The molecule has 5 aromatic rings. The second kappa shape index (κ2) is 12.2. The van der Waals surface area contributed by atoms with E-state index in [2.05, 4.69) is 17.1 Å². The first-order valence-electron chi connectivity index (χ1n) is 14.6. The molecule has 0 saturated heterocycles. The number of carbonyl (C=O) groups excluding carboxylic acids is 1. The zero-order valence-electron chi connectivity index (χ0n) is 23.9. The van der Waals surface area contributed by atoms with E-state index in [1.54, 1.807) is 0 Å². The molecule has 2 aromatic heterocycles. The predicted molar refractivity (Wildman–Crippen MR) is 167 cm³/mol. The van der Waals surface area contributed by atoms with E-state index in [1.165, 1.54) is 18.1 Å². The first-order chi connectivity index (χ1) is 20.5. The molecule has 0 amide bonds. The van der Waals surface area contributed by atoms with Gasteiger partial charge in [0.2, 0.25) is 0 Å². The number of hydrogen-bond acceptors (Lipinski definition) is 7. The monoisotopic (exact) mass is 560 g/mol. The fourth-order valence-electron chi connectivity index (χ4n) is 6.05. The maximum atomic E-state index is 11.1. The first kappa shape index (κ1) is 27.7. The van der Waals surface area contributed by atoms with Gasteiger partial charge in [0.15, 0.2) is 0 Å². The van der Waals surface area contributed by atoms with Crippen LogP contribution >= 0.6 is 0 Å². The number of hydrogen-bond donors (Lipinski definition) is 2. The van der Waals surface area contributed by atoms with E-state index in [9.17, 15) is 4.79 Å². The van der Waals surface area contributed by atoms with Gasteiger partial charge in [-0.05, 0) is 48.9 Å². The highest BCUT2D eigenvalue weighted by Crippen LogP contribution is 2.33. The highest BCUT2D eigenvalue weighted by molar-refractivity contribution is 5.93. The molecule has 0 bridgehead atoms. The zero-order valence-corrected chi connectivity index (χ0v) is 23.9. The summed E-state index contributed by atoms with van der Waals surface area (Å²) < 4.78 is 11.4. The van der Waals surface area contributed by atoms with Crippen molar-refractivity contribution in [3.8, 4) is 0 Å². The molecule has 2 aliphatic rings. The molecule has 0 fully saturated rings. The number of nitrogen functional groups attached to an aromatic ring is 2. The van der Waals surface area contributed by atoms with Crippen LogP contribution in [0.5, 0.6) is 0 Å². The molecule has 4 N–H and O–H groups in total. The lowest BCUT2D eigenvalue weighted by molar-refractivity contribution is -0.146. The first-order valence-corrected chi connectivity index (χ1v) is 14.6. The number of aromatic nitrogens is 2. The number of benzene rings is 3. The summed E-state index contributed by atoms with van der Waals surface area (Å²) >= 11 is 0. The predicted octanol–water partition coefficient (Wildman–Crippen LogP) is 6.13. The van der Waals surface area contributed by atoms with Gasteiger partial charge in [-0.15, -0.1) is 0 Å². The average Bonchev–Trinajstić information content (AvgIpc) is 3.01. The molecule has 3 aromatic carbocycles. The summed E-state index contributed by atoms with van der Waals surface area (Å²) in [4.78, 5) is 20.5. The molecular formula is C35H36N4O3. The summed E-state index contributed by atoms with van der Waals surface area (Å²) in [5.41, 5.74) is 21.8. The Bertz CT molecular complexity index is 1740. The molecule has 0 aliphatic heterocycles. The number of fused-ring (bicyclic) bond motifs is 4. The Morgan fingerprint density at radius 3 is 1.81 bits per heavy atom. The standard InChI is InChI=1S/C20H20N2O.C15H16N2O2/c21-20-16-8-4-5-9-18(16)22-19-11-10-15(12-17(19)20)23-13-14-6-2-1-3-7-14;1-9(18)19-10-6-7-14-12(8-10)15(16)11-4-2-3-5-13(11)17-14/h1-9,15H,10-13H2,(H2,21,22);2-5,10H,6-8H2,1H3,(H2,16,17). The number of nitrogens with zero attached hydrogens (tertiary/aromatic N) is 2. The third-order valence-electron chi connectivity index (χ3n) is 8.18. The molecule has 2 atom stereocenters. The number of nitrogens with two attached hydrogens (primary N) is 2. The number of pyridine rings is 2. The minimum atomic E-state index is -0.235. The maximum Gasteiger partial charge on any atom is 0.302 e. The lowest BCUT2D eigenvalue weighted by Gasteiger charge is -2.26. The van der Waals surface area contributed by atoms with Crippen LogP contribution in [-0.2, 0) is 46.6 Å². The van der Waals surface area contributed by atoms with Gasteiger partial charge in [-0.3, -0.25) is 14.8 Å². The lowest BCUT2D eigenvalue weighted by Crippen LogP contribution is -2.26. The fraction of sp³-hybridized carbons (Fsp3) is 0.286. The van der Waals surface area contributed by atoms with Crippen molar-refractivity contribution in [1.29, 1.82) is 0 Å². The maximum absolute atomic E-state index is 11.1. The quantitative estimate of drug-likeness (QED) is 0.254. The highest BCUT2D eigenvalue weighted by Gasteiger charge is 2.25. The fourth-order valence-corrected chi connectivity index (χ4v) is 6.05. The topological polar surface area (TPSA) is 113 Å². The second-order valence-corrected chi connectivity index (χ2v) is 11.1. The third-order valence-corrected chi connectivity index (χ3v) is 8.18. The Labute approximate surface area is 245 Å². The molecule has 0 radical (unpaired) electrons. The Kier molecular flexibility index (Phi) is 8.02. The summed E-state index contributed by atoms with van der Waals surface area (Å²) in [7, 11) is 0. The van der Waals surface area contributed by atoms with Crippen LogP contribution < -0.4 is 11.5 Å². The lowest BCUT2D eigenvalue weighted by atomic mass is 9.91. The van der Waals surface area contributed by atoms with Crippen molar-refractivity contribution in [1.82, 2.24) is 9.97 Å². The van der Waals surface area contributed by atoms with Crippen LogP contribution in [0.2, 0.25) is 0 Å². The number of esters is 1. The minimum Gasteiger partial charge on any atom is -0.462 e. The van der Waals surface area contributed by atoms with Gasteiger partial charge in [0.25, 0.3) is 0 Å². The molecule has 0 saturated carbocycles. The van der Waals surface area contributed by atoms with Crippen molar-refractivity contribution in [3.63, 3.8) is 0 Å². The molecule has 214 valence electrons. The van der Waals surface area contributed by atoms with Gasteiger partial charge in [0.1, 0.15) is 6.10 Å². The van der Waals surface area contributed by atoms with Crippen LogP contribution in [-0.4, -0.2) is 28.1 Å². The largest absolute Gasteiger partial charge is 0.462 e. The van der Waals surface area contributed by atoms with E-state index in [0.717, 1.165) is 82.2 Å². The Morgan fingerprint density at radius 2 is 1.24 bits per heavy atom. The van der Waals surface area contributed by atoms with Crippen LogP contribution in [0.15, 0.2) is 78.9 Å². The SMILES string of the molecule is CC(=O)OC1CCc2nc3ccccc3c(N)c2C1.Nc1c2c(nc3ccccc13)CCC(OCc1ccccc1)C2. The van der Waals surface area contributed by atoms with Crippen molar-refractivity contribution < 1.29 is 14.3 Å². The Balaban J connectivity index is 0.000000153. The van der Waals surface area contributed by atoms with E-state index in [4.69, 9.17) is 25.9 Å². The highest BCUT2D eigenvalue weighted by atomic mass is 16.5. The van der Waals surface area contributed by atoms with Gasteiger partial charge in [0.05, 0.1) is 23.7 Å². The molecule has 7 nitrogen and oxygen atoms in total. The van der Waals surface area contributed by atoms with Crippen molar-refractivity contribution in [3.05, 3.63) is 107 Å². The second-order valence-electron chi connectivity index (χ2n) is 11.1. The average molecular weight is 561 g/mol. The summed E-state index contributed by atoms with van der Waals surface area (Å²) in [6, 6.07) is 26.3. The van der Waals surface area contributed by atoms with Crippen LogP contribution in [0.4, 0.5) is 11.4 Å². The summed E-state index contributed by atoms with van der Waals surface area (Å²) in [6.07, 6.45) is 5.22. The smallest absolute Gasteiger partial charge is 0.302 e. The van der Waals surface area contributed by atoms with Crippen LogP contribution in [0.1, 0.15) is 47.8 Å². The van der Waals surface area contributed by atoms with E-state index < -0.39 is 0 Å². The summed E-state index contributed by atoms with van der Waals surface area (Å²) in [5.74, 6) is -0.235. The number of para-hydroxylation sites is 2. The van der Waals surface area contributed by atoms with E-state index >= 15 is 0 Å². The molecule has 7 rings (SSSR count). The van der Waals surface area contributed by atoms with Crippen molar-refractivity contribution in [2.24, 2.45) is 0 Å². The van der Waals surface area contributed by atoms with E-state index in [1.807, 2.05) is 66.7 Å². The molecular weight excluding hydrogens is 524 g/mol. The summed E-state index contributed by atoms with van der Waals surface area (Å²) in [6.45, 7) is 2.10. The van der Waals surface area contributed by atoms with Gasteiger partial charge in [0, 0.05) is 58.9 Å². The number of anilines is 2. The number of ether oxygens (including phenoxy) is 2. The van der Waals surface area contributed by atoms with Gasteiger partial charge in [-0.2, -0.15) is 0 Å². The number of aryl methyl sites for hydroxylation is 2. The molecule has 2 aliphatic carbocycles. The van der Waals surface area contributed by atoms with Gasteiger partial charge < -0.3 is 20.9 Å². The molecule has 0 spiro atoms. The molecule has 2 heterocycles. The van der Waals surface area contributed by atoms with Crippen molar-refractivity contribution in [2.45, 2.75) is 64.3 Å². The van der Waals surface area contributed by atoms with Gasteiger partial charge in [-0.1, -0.05) is 66.7 Å². The Morgan fingerprint density at radius 1 is 0.738 bits per heavy atom. The zero-order chi connectivity index (χ0) is 29.1. The minimum absolute atomic E-state index is 0.0738. The van der Waals surface area contributed by atoms with Gasteiger partial charge in [-0.25, -0.2) is 0 Å². The number of rotatable bonds is 4. The van der Waals surface area contributed by atoms with E-state index in [0.29, 0.717) is 13.0 Å². The molecule has 7 heteroatoms. The normalized spacial score (nSPS) is 17.5. The molecule has 2 unspecified atom stereocenters. The third kappa shape index (κ3) is 5.92. The van der Waals surface area contributed by atoms with Crippen molar-refractivity contribution >= 4 is 39.1 Å². The molecule has 42 heavy (non-hydrogen) atoms. The number of carbonyl (C=O) groups is 1. The van der Waals surface area contributed by atoms with Gasteiger partial charge >= 0.3 is 5.97 Å². The Hall–Kier alpha value is -4.49. The van der Waals surface area contributed by atoms with Crippen LogP contribution in [0, 0.1) is 0 Å². The van der Waals surface area contributed by atoms with Crippen LogP contribution in [0.3, 0.4) is 0 Å². The van der Waals surface area contributed by atoms with Crippen molar-refractivity contribution in [2.75, 3.05) is 11.5 Å². The van der Waals surface area contributed by atoms with E-state index in [-0.39, 0.29) is 18.2 Å².